The minimum Gasteiger partial charge on any atom is -0.423 e. The molecule has 0 bridgehead atoms. The molecule has 5 heteroatoms. The lowest BCUT2D eigenvalue weighted by molar-refractivity contribution is -0.117. The Labute approximate surface area is 139 Å². The van der Waals surface area contributed by atoms with Crippen LogP contribution in [0.4, 0.5) is 5.69 Å². The summed E-state index contributed by atoms with van der Waals surface area (Å²) < 4.78 is 5.38. The first-order chi connectivity index (χ1) is 11.6. The van der Waals surface area contributed by atoms with Crippen molar-refractivity contribution in [2.24, 2.45) is 0 Å². The maximum absolute atomic E-state index is 12.5. The van der Waals surface area contributed by atoms with Crippen molar-refractivity contribution in [3.05, 3.63) is 59.7 Å². The van der Waals surface area contributed by atoms with Gasteiger partial charge in [-0.05, 0) is 49.7 Å². The van der Waals surface area contributed by atoms with Crippen LogP contribution in [-0.2, 0) is 4.79 Å². The van der Waals surface area contributed by atoms with Crippen molar-refractivity contribution < 1.29 is 19.1 Å². The van der Waals surface area contributed by atoms with Gasteiger partial charge in [-0.1, -0.05) is 12.1 Å². The van der Waals surface area contributed by atoms with E-state index in [2.05, 4.69) is 0 Å². The fourth-order valence-electron chi connectivity index (χ4n) is 2.70. The van der Waals surface area contributed by atoms with E-state index < -0.39 is 5.97 Å². The predicted octanol–water partition coefficient (Wildman–Crippen LogP) is 3.24. The third-order valence-corrected chi connectivity index (χ3v) is 3.96. The lowest BCUT2D eigenvalue weighted by Crippen LogP contribution is -2.26. The molecule has 1 amide bonds. The van der Waals surface area contributed by atoms with Gasteiger partial charge < -0.3 is 9.64 Å². The molecule has 0 aromatic heterocycles. The second kappa shape index (κ2) is 6.66. The molecule has 0 atom stereocenters. The van der Waals surface area contributed by atoms with Crippen LogP contribution in [0.25, 0.3) is 0 Å². The van der Waals surface area contributed by atoms with Crippen LogP contribution in [0.5, 0.6) is 5.75 Å². The average molecular weight is 323 g/mol. The highest BCUT2D eigenvalue weighted by Gasteiger charge is 2.26. The summed E-state index contributed by atoms with van der Waals surface area (Å²) in [5.74, 6) is -0.208. The number of esters is 1. The SMILES string of the molecule is CC(=O)c1ccc(OC(=O)c2ccccc2N2CCCC2=O)cc1. The van der Waals surface area contributed by atoms with E-state index in [0.717, 1.165) is 6.42 Å². The van der Waals surface area contributed by atoms with Gasteiger partial charge in [-0.25, -0.2) is 4.79 Å². The molecule has 3 rings (SSSR count). The van der Waals surface area contributed by atoms with E-state index in [-0.39, 0.29) is 11.7 Å². The van der Waals surface area contributed by atoms with Gasteiger partial charge in [0.2, 0.25) is 5.91 Å². The Morgan fingerprint density at radius 3 is 2.38 bits per heavy atom. The second-order valence-electron chi connectivity index (χ2n) is 5.64. The van der Waals surface area contributed by atoms with Crippen molar-refractivity contribution in [1.82, 2.24) is 0 Å². The smallest absolute Gasteiger partial charge is 0.345 e. The molecule has 24 heavy (non-hydrogen) atoms. The van der Waals surface area contributed by atoms with Crippen molar-refractivity contribution in [1.29, 1.82) is 0 Å². The zero-order chi connectivity index (χ0) is 17.1. The Morgan fingerprint density at radius 2 is 1.75 bits per heavy atom. The highest BCUT2D eigenvalue weighted by Crippen LogP contribution is 2.26. The summed E-state index contributed by atoms with van der Waals surface area (Å²) in [6.07, 6.45) is 1.28. The van der Waals surface area contributed by atoms with Gasteiger partial charge in [0.15, 0.2) is 5.78 Å². The van der Waals surface area contributed by atoms with Crippen LogP contribution < -0.4 is 9.64 Å². The van der Waals surface area contributed by atoms with Gasteiger partial charge in [0.1, 0.15) is 5.75 Å². The maximum atomic E-state index is 12.5. The number of benzene rings is 2. The number of rotatable bonds is 4. The fraction of sp³-hybridized carbons (Fsp3) is 0.211. The number of anilines is 1. The van der Waals surface area contributed by atoms with Crippen molar-refractivity contribution >= 4 is 23.3 Å². The number of ketones is 1. The molecule has 0 saturated carbocycles. The average Bonchev–Trinajstić information content (AvgIpc) is 3.01. The molecule has 0 radical (unpaired) electrons. The quantitative estimate of drug-likeness (QED) is 0.492. The van der Waals surface area contributed by atoms with Gasteiger partial charge in [-0.3, -0.25) is 9.59 Å². The van der Waals surface area contributed by atoms with E-state index in [1.165, 1.54) is 6.92 Å². The van der Waals surface area contributed by atoms with E-state index in [1.54, 1.807) is 53.4 Å². The summed E-state index contributed by atoms with van der Waals surface area (Å²) in [6, 6.07) is 13.3. The molecule has 0 N–H and O–H groups in total. The minimum absolute atomic E-state index is 0.0149. The lowest BCUT2D eigenvalue weighted by atomic mass is 10.1. The first-order valence-corrected chi connectivity index (χ1v) is 7.79. The van der Waals surface area contributed by atoms with Crippen molar-refractivity contribution in [3.63, 3.8) is 0 Å². The zero-order valence-electron chi connectivity index (χ0n) is 13.3. The van der Waals surface area contributed by atoms with Crippen molar-refractivity contribution in [3.8, 4) is 5.75 Å². The van der Waals surface area contributed by atoms with E-state index >= 15 is 0 Å². The highest BCUT2D eigenvalue weighted by atomic mass is 16.5. The number of carbonyl (C=O) groups is 3. The van der Waals surface area contributed by atoms with Crippen LogP contribution in [-0.4, -0.2) is 24.2 Å². The number of para-hydroxylation sites is 1. The fourth-order valence-corrected chi connectivity index (χ4v) is 2.70. The van der Waals surface area contributed by atoms with Crippen molar-refractivity contribution in [2.45, 2.75) is 19.8 Å². The summed E-state index contributed by atoms with van der Waals surface area (Å²) in [5, 5.41) is 0. The van der Waals surface area contributed by atoms with Gasteiger partial charge in [0.25, 0.3) is 0 Å². The van der Waals surface area contributed by atoms with E-state index in [4.69, 9.17) is 4.74 Å². The molecular weight excluding hydrogens is 306 g/mol. The molecule has 0 aliphatic carbocycles. The second-order valence-corrected chi connectivity index (χ2v) is 5.64. The number of ether oxygens (including phenoxy) is 1. The molecule has 1 fully saturated rings. The van der Waals surface area contributed by atoms with Crippen molar-refractivity contribution in [2.75, 3.05) is 11.4 Å². The maximum Gasteiger partial charge on any atom is 0.345 e. The molecule has 122 valence electrons. The summed E-state index contributed by atoms with van der Waals surface area (Å²) in [7, 11) is 0. The standard InChI is InChI=1S/C19H17NO4/c1-13(21)14-8-10-15(11-9-14)24-19(23)16-5-2-3-6-17(16)20-12-4-7-18(20)22/h2-3,5-6,8-11H,4,7,12H2,1H3. The van der Waals surface area contributed by atoms with Gasteiger partial charge in [0.05, 0.1) is 11.3 Å². The molecule has 2 aromatic carbocycles. The summed E-state index contributed by atoms with van der Waals surface area (Å²) >= 11 is 0. The first kappa shape index (κ1) is 15.9. The topological polar surface area (TPSA) is 63.7 Å². The van der Waals surface area contributed by atoms with Crippen LogP contribution in [0.3, 0.4) is 0 Å². The number of hydrogen-bond acceptors (Lipinski definition) is 4. The number of carbonyl (C=O) groups excluding carboxylic acids is 3. The van der Waals surface area contributed by atoms with Gasteiger partial charge in [-0.15, -0.1) is 0 Å². The van der Waals surface area contributed by atoms with Gasteiger partial charge in [0, 0.05) is 18.5 Å². The van der Waals surface area contributed by atoms with E-state index in [9.17, 15) is 14.4 Å². The predicted molar refractivity (Wildman–Crippen MR) is 89.4 cm³/mol. The molecule has 1 saturated heterocycles. The third-order valence-electron chi connectivity index (χ3n) is 3.96. The van der Waals surface area contributed by atoms with Crippen LogP contribution >= 0.6 is 0 Å². The molecular formula is C19H17NO4. The van der Waals surface area contributed by atoms with Crippen LogP contribution in [0.1, 0.15) is 40.5 Å². The molecule has 0 unspecified atom stereocenters. The molecule has 2 aromatic rings. The zero-order valence-corrected chi connectivity index (χ0v) is 13.3. The summed E-state index contributed by atoms with van der Waals surface area (Å²) in [5.41, 5.74) is 1.48. The number of amides is 1. The molecule has 1 heterocycles. The number of Topliss-reactive ketones (excluding diaryl/α,β-unsaturated/α-hetero) is 1. The minimum atomic E-state index is -0.527. The molecule has 1 aliphatic heterocycles. The molecule has 0 spiro atoms. The van der Waals surface area contributed by atoms with E-state index in [0.29, 0.717) is 35.5 Å². The monoisotopic (exact) mass is 323 g/mol. The number of hydrogen-bond donors (Lipinski definition) is 0. The molecule has 1 aliphatic rings. The molecule has 5 nitrogen and oxygen atoms in total. The van der Waals surface area contributed by atoms with Gasteiger partial charge >= 0.3 is 5.97 Å². The van der Waals surface area contributed by atoms with E-state index in [1.807, 2.05) is 0 Å². The third kappa shape index (κ3) is 3.20. The Morgan fingerprint density at radius 1 is 1.04 bits per heavy atom. The van der Waals surface area contributed by atoms with Crippen LogP contribution in [0.2, 0.25) is 0 Å². The Bertz CT molecular complexity index is 795. The Balaban J connectivity index is 1.82. The first-order valence-electron chi connectivity index (χ1n) is 7.79. The summed E-state index contributed by atoms with van der Waals surface area (Å²) in [6.45, 7) is 2.08. The normalized spacial score (nSPS) is 13.9. The Kier molecular flexibility index (Phi) is 4.42. The summed E-state index contributed by atoms with van der Waals surface area (Å²) in [4.78, 5) is 37.3. The highest BCUT2D eigenvalue weighted by molar-refractivity contribution is 6.04. The lowest BCUT2D eigenvalue weighted by Gasteiger charge is -2.18. The number of nitrogens with zero attached hydrogens (tertiary/aromatic N) is 1. The van der Waals surface area contributed by atoms with Crippen LogP contribution in [0.15, 0.2) is 48.5 Å². The van der Waals surface area contributed by atoms with Crippen LogP contribution in [0, 0.1) is 0 Å². The van der Waals surface area contributed by atoms with Gasteiger partial charge in [-0.2, -0.15) is 0 Å². The Hall–Kier alpha value is -2.95. The largest absolute Gasteiger partial charge is 0.423 e.